The van der Waals surface area contributed by atoms with Crippen LogP contribution in [0.25, 0.3) is 0 Å². The summed E-state index contributed by atoms with van der Waals surface area (Å²) in [7, 11) is -2.31. The first-order valence-corrected chi connectivity index (χ1v) is 3.40. The number of nitriles is 1. The molecule has 0 heterocycles. The molecule has 0 fully saturated rings. The standard InChI is InChI=1S/C3H7N2O2P/c4-2-1-3-7-8(5)6/h8H,1,3H2,(H2,5,6). The second-order valence-corrected chi connectivity index (χ2v) is 1.96. The van der Waals surface area contributed by atoms with Crippen LogP contribution < -0.4 is 0 Å². The van der Waals surface area contributed by atoms with E-state index in [1.54, 1.807) is 0 Å². The van der Waals surface area contributed by atoms with E-state index in [1.807, 2.05) is 6.07 Å². The number of nitrogens with zero attached hydrogens (tertiary/aromatic N) is 1. The van der Waals surface area contributed by atoms with Crippen molar-refractivity contribution in [2.75, 3.05) is 6.61 Å². The van der Waals surface area contributed by atoms with Gasteiger partial charge in [-0.05, 0) is 0 Å². The highest BCUT2D eigenvalue weighted by Crippen LogP contribution is 2.14. The van der Waals surface area contributed by atoms with Gasteiger partial charge in [-0.15, -0.1) is 0 Å². The smallest absolute Gasteiger partial charge is 0.194 e. The Labute approximate surface area is 48.1 Å². The maximum Gasteiger partial charge on any atom is 0.194 e. The molecule has 0 aliphatic carbocycles. The van der Waals surface area contributed by atoms with E-state index < -0.39 is 8.17 Å². The van der Waals surface area contributed by atoms with Crippen molar-refractivity contribution in [2.24, 2.45) is 0 Å². The van der Waals surface area contributed by atoms with Gasteiger partial charge < -0.3 is 9.42 Å². The number of rotatable bonds is 3. The van der Waals surface area contributed by atoms with Gasteiger partial charge in [-0.25, -0.2) is 0 Å². The minimum atomic E-state index is -2.31. The van der Waals surface area contributed by atoms with Crippen molar-refractivity contribution in [2.45, 2.75) is 6.42 Å². The Balaban J connectivity index is 2.97. The van der Waals surface area contributed by atoms with Gasteiger partial charge in [-0.2, -0.15) is 5.26 Å². The predicted molar refractivity (Wildman–Crippen MR) is 29.4 cm³/mol. The Morgan fingerprint density at radius 1 is 1.88 bits per heavy atom. The Kier molecular flexibility index (Phi) is 4.58. The maximum absolute atomic E-state index is 8.22. The number of hydrogen-bond donors (Lipinski definition) is 2. The molecule has 0 aromatic heterocycles. The van der Waals surface area contributed by atoms with Crippen LogP contribution >= 0.6 is 8.17 Å². The third-order valence-electron chi connectivity index (χ3n) is 0.453. The van der Waals surface area contributed by atoms with E-state index in [9.17, 15) is 0 Å². The predicted octanol–water partition coefficient (Wildman–Crippen LogP) is 0.716. The molecule has 0 rings (SSSR count). The lowest BCUT2D eigenvalue weighted by Gasteiger charge is -1.93. The highest BCUT2D eigenvalue weighted by molar-refractivity contribution is 7.33. The van der Waals surface area contributed by atoms with Gasteiger partial charge in [-0.3, -0.25) is 5.16 Å². The first-order valence-electron chi connectivity index (χ1n) is 2.04. The molecular formula is C3H7N2O2P. The van der Waals surface area contributed by atoms with E-state index >= 15 is 0 Å². The fourth-order valence-corrected chi connectivity index (χ4v) is 0.489. The van der Waals surface area contributed by atoms with Gasteiger partial charge in [0.25, 0.3) is 0 Å². The van der Waals surface area contributed by atoms with Crippen molar-refractivity contribution in [3.05, 3.63) is 0 Å². The molecular weight excluding hydrogens is 127 g/mol. The summed E-state index contributed by atoms with van der Waals surface area (Å²) in [5.74, 6) is 0. The molecule has 0 saturated heterocycles. The fourth-order valence-electron chi connectivity index (χ4n) is 0.193. The summed E-state index contributed by atoms with van der Waals surface area (Å²) in [6, 6.07) is 1.82. The van der Waals surface area contributed by atoms with Gasteiger partial charge in [0.2, 0.25) is 0 Å². The molecule has 0 spiro atoms. The molecule has 1 unspecified atom stereocenters. The molecule has 0 amide bonds. The van der Waals surface area contributed by atoms with Crippen molar-refractivity contribution < 1.29 is 9.42 Å². The van der Waals surface area contributed by atoms with Gasteiger partial charge in [0.15, 0.2) is 8.17 Å². The van der Waals surface area contributed by atoms with Crippen LogP contribution in [-0.4, -0.2) is 11.5 Å². The van der Waals surface area contributed by atoms with Crippen LogP contribution in [0, 0.1) is 16.5 Å². The summed E-state index contributed by atoms with van der Waals surface area (Å²) in [6.07, 6.45) is 0.244. The molecule has 0 radical (unpaired) electrons. The van der Waals surface area contributed by atoms with E-state index in [4.69, 9.17) is 15.3 Å². The Morgan fingerprint density at radius 2 is 2.50 bits per heavy atom. The van der Waals surface area contributed by atoms with Crippen LogP contribution in [0.3, 0.4) is 0 Å². The van der Waals surface area contributed by atoms with E-state index in [-0.39, 0.29) is 13.0 Å². The van der Waals surface area contributed by atoms with E-state index in [0.29, 0.717) is 0 Å². The third-order valence-corrected chi connectivity index (χ3v) is 0.930. The molecule has 2 N–H and O–H groups in total. The molecule has 0 bridgehead atoms. The zero-order chi connectivity index (χ0) is 6.41. The minimum Gasteiger partial charge on any atom is -0.342 e. The molecule has 0 aliphatic heterocycles. The normalized spacial score (nSPS) is 12.5. The summed E-state index contributed by atoms with van der Waals surface area (Å²) >= 11 is 0. The minimum absolute atomic E-state index is 0.171. The van der Waals surface area contributed by atoms with Gasteiger partial charge in [-0.1, -0.05) is 0 Å². The number of nitrogens with one attached hydrogen (secondary N) is 1. The average Bonchev–Trinajstić information content (AvgIpc) is 1.66. The van der Waals surface area contributed by atoms with Gasteiger partial charge in [0.1, 0.15) is 0 Å². The Bertz CT molecular complexity index is 119. The van der Waals surface area contributed by atoms with Crippen molar-refractivity contribution in [1.82, 2.24) is 0 Å². The topological polar surface area (TPSA) is 77.1 Å². The van der Waals surface area contributed by atoms with Crippen molar-refractivity contribution in [1.29, 1.82) is 10.4 Å². The van der Waals surface area contributed by atoms with Gasteiger partial charge in [0.05, 0.1) is 19.1 Å². The average molecular weight is 134 g/mol. The zero-order valence-corrected chi connectivity index (χ0v) is 5.22. The molecule has 0 aromatic carbocycles. The van der Waals surface area contributed by atoms with Crippen molar-refractivity contribution in [3.63, 3.8) is 0 Å². The molecule has 0 aliphatic rings. The van der Waals surface area contributed by atoms with Gasteiger partial charge in [0, 0.05) is 0 Å². The molecule has 0 saturated carbocycles. The first kappa shape index (κ1) is 7.64. The van der Waals surface area contributed by atoms with Crippen LogP contribution in [0.4, 0.5) is 0 Å². The summed E-state index contributed by atoms with van der Waals surface area (Å²) in [6.45, 7) is 0.171. The lowest BCUT2D eigenvalue weighted by Crippen LogP contribution is -1.81. The molecule has 1 atom stereocenters. The van der Waals surface area contributed by atoms with Crippen LogP contribution in [0.2, 0.25) is 0 Å². The summed E-state index contributed by atoms with van der Waals surface area (Å²) < 4.78 is 4.38. The largest absolute Gasteiger partial charge is 0.342 e. The Hall–Kier alpha value is -0.360. The monoisotopic (exact) mass is 134 g/mol. The fraction of sp³-hybridized carbons (Fsp3) is 0.667. The maximum atomic E-state index is 8.22. The molecule has 5 heteroatoms. The van der Waals surface area contributed by atoms with Crippen molar-refractivity contribution in [3.8, 4) is 6.07 Å². The van der Waals surface area contributed by atoms with Crippen LogP contribution in [0.15, 0.2) is 0 Å². The molecule has 46 valence electrons. The highest BCUT2D eigenvalue weighted by atomic mass is 31.1. The zero-order valence-electron chi connectivity index (χ0n) is 4.22. The van der Waals surface area contributed by atoms with Crippen LogP contribution in [0.5, 0.6) is 0 Å². The van der Waals surface area contributed by atoms with E-state index in [1.165, 1.54) is 0 Å². The number of hydrogen-bond acceptors (Lipinski definition) is 3. The summed E-state index contributed by atoms with van der Waals surface area (Å²) in [5, 5.41) is 14.4. The van der Waals surface area contributed by atoms with E-state index in [2.05, 4.69) is 4.52 Å². The summed E-state index contributed by atoms with van der Waals surface area (Å²) in [5.41, 5.74) is 0. The molecule has 8 heavy (non-hydrogen) atoms. The van der Waals surface area contributed by atoms with Gasteiger partial charge >= 0.3 is 0 Å². The summed E-state index contributed by atoms with van der Waals surface area (Å²) in [4.78, 5) is 8.22. The highest BCUT2D eigenvalue weighted by Gasteiger charge is 1.84. The molecule has 4 nitrogen and oxygen atoms in total. The SMILES string of the molecule is N#CCCO[PH](=N)O. The third kappa shape index (κ3) is 5.64. The second kappa shape index (κ2) is 4.79. The lowest BCUT2D eigenvalue weighted by molar-refractivity contribution is 0.324. The lowest BCUT2D eigenvalue weighted by atomic mass is 10.5. The second-order valence-electron chi connectivity index (χ2n) is 1.06. The van der Waals surface area contributed by atoms with Crippen LogP contribution in [0.1, 0.15) is 6.42 Å². The van der Waals surface area contributed by atoms with Crippen molar-refractivity contribution >= 4 is 8.17 Å². The quantitative estimate of drug-likeness (QED) is 0.440. The molecule has 0 aromatic rings. The first-order chi connectivity index (χ1) is 3.77. The van der Waals surface area contributed by atoms with Crippen LogP contribution in [-0.2, 0) is 4.52 Å². The van der Waals surface area contributed by atoms with E-state index in [0.717, 1.165) is 0 Å². The Morgan fingerprint density at radius 3 is 2.88 bits per heavy atom.